The molecule has 0 fully saturated rings. The van der Waals surface area contributed by atoms with Crippen molar-refractivity contribution in [2.45, 2.75) is 51.5 Å². The first-order chi connectivity index (χ1) is 8.29. The molecule has 0 aromatic rings. The molecule has 1 atom stereocenters. The molecule has 0 bridgehead atoms. The van der Waals surface area contributed by atoms with E-state index >= 15 is 0 Å². The number of rotatable bonds is 12. The van der Waals surface area contributed by atoms with Crippen molar-refractivity contribution in [2.24, 2.45) is 5.73 Å². The summed E-state index contributed by atoms with van der Waals surface area (Å²) in [5.74, 6) is 0. The van der Waals surface area contributed by atoms with Crippen LogP contribution in [0, 0.1) is 0 Å². The van der Waals surface area contributed by atoms with Gasteiger partial charge in [-0.2, -0.15) is 0 Å². The first kappa shape index (κ1) is 15.9. The molecule has 0 saturated carbocycles. The van der Waals surface area contributed by atoms with Gasteiger partial charge in [0.2, 0.25) is 12.8 Å². The van der Waals surface area contributed by atoms with Crippen LogP contribution in [0.2, 0.25) is 0 Å². The third kappa shape index (κ3) is 7.70. The van der Waals surface area contributed by atoms with E-state index in [4.69, 9.17) is 5.73 Å². The number of nitrogens with one attached hydrogen (secondary N) is 2. The standard InChI is InChI=1S/C11H24N4O2/c1-2-6-11(7-4-3-5-8-12)15(13-9-16)14-10-17/h9-11H,2-8,12H2,1H3,(H,13,16)(H,14,17). The Balaban J connectivity index is 4.12. The zero-order chi connectivity index (χ0) is 12.9. The lowest BCUT2D eigenvalue weighted by Crippen LogP contribution is -2.53. The Hall–Kier alpha value is -1.14. The molecule has 0 aromatic carbocycles. The molecule has 0 saturated heterocycles. The monoisotopic (exact) mass is 244 g/mol. The van der Waals surface area contributed by atoms with Crippen molar-refractivity contribution in [3.63, 3.8) is 0 Å². The maximum atomic E-state index is 10.4. The highest BCUT2D eigenvalue weighted by Gasteiger charge is 2.16. The minimum Gasteiger partial charge on any atom is -0.330 e. The fourth-order valence-corrected chi connectivity index (χ4v) is 1.80. The molecular weight excluding hydrogens is 220 g/mol. The van der Waals surface area contributed by atoms with Crippen LogP contribution in [-0.2, 0) is 9.59 Å². The Kier molecular flexibility index (Phi) is 10.6. The van der Waals surface area contributed by atoms with Crippen molar-refractivity contribution >= 4 is 12.8 Å². The number of nitrogens with two attached hydrogens (primary N) is 1. The zero-order valence-corrected chi connectivity index (χ0v) is 10.5. The summed E-state index contributed by atoms with van der Waals surface area (Å²) in [5, 5.41) is 1.48. The molecule has 17 heavy (non-hydrogen) atoms. The van der Waals surface area contributed by atoms with E-state index in [2.05, 4.69) is 17.8 Å². The van der Waals surface area contributed by atoms with Crippen LogP contribution in [-0.4, -0.2) is 30.5 Å². The molecule has 0 aliphatic rings. The summed E-state index contributed by atoms with van der Waals surface area (Å²) in [4.78, 5) is 20.9. The van der Waals surface area contributed by atoms with Gasteiger partial charge in [0.1, 0.15) is 0 Å². The molecule has 0 rings (SSSR count). The highest BCUT2D eigenvalue weighted by atomic mass is 16.2. The summed E-state index contributed by atoms with van der Waals surface area (Å²) in [7, 11) is 0. The molecule has 0 heterocycles. The van der Waals surface area contributed by atoms with Gasteiger partial charge in [0.25, 0.3) is 0 Å². The molecule has 1 unspecified atom stereocenters. The Morgan fingerprint density at radius 1 is 1.12 bits per heavy atom. The van der Waals surface area contributed by atoms with E-state index in [1.165, 1.54) is 5.12 Å². The normalized spacial score (nSPS) is 12.2. The molecule has 100 valence electrons. The predicted molar refractivity (Wildman–Crippen MR) is 66.5 cm³/mol. The van der Waals surface area contributed by atoms with E-state index < -0.39 is 0 Å². The number of hydrazine groups is 2. The van der Waals surface area contributed by atoms with Crippen molar-refractivity contribution < 1.29 is 9.59 Å². The molecule has 0 radical (unpaired) electrons. The maximum absolute atomic E-state index is 10.4. The Labute approximate surface area is 103 Å². The molecule has 6 nitrogen and oxygen atoms in total. The van der Waals surface area contributed by atoms with Crippen LogP contribution in [0.1, 0.15) is 45.4 Å². The van der Waals surface area contributed by atoms with Gasteiger partial charge in [0, 0.05) is 0 Å². The van der Waals surface area contributed by atoms with Gasteiger partial charge in [-0.25, -0.2) is 0 Å². The second-order valence-electron chi connectivity index (χ2n) is 3.94. The van der Waals surface area contributed by atoms with Gasteiger partial charge in [-0.05, 0) is 25.8 Å². The van der Waals surface area contributed by atoms with E-state index in [1.807, 2.05) is 0 Å². The Morgan fingerprint density at radius 2 is 1.76 bits per heavy atom. The summed E-state index contributed by atoms with van der Waals surface area (Å²) < 4.78 is 0. The highest BCUT2D eigenvalue weighted by molar-refractivity contribution is 5.48. The zero-order valence-electron chi connectivity index (χ0n) is 10.5. The molecule has 2 amide bonds. The number of nitrogens with zero attached hydrogens (tertiary/aromatic N) is 1. The van der Waals surface area contributed by atoms with Crippen LogP contribution in [0.15, 0.2) is 0 Å². The fraction of sp³-hybridized carbons (Fsp3) is 0.818. The fourth-order valence-electron chi connectivity index (χ4n) is 1.80. The Bertz CT molecular complexity index is 192. The molecule has 4 N–H and O–H groups in total. The van der Waals surface area contributed by atoms with E-state index in [9.17, 15) is 9.59 Å². The molecule has 0 spiro atoms. The highest BCUT2D eigenvalue weighted by Crippen LogP contribution is 2.12. The summed E-state index contributed by atoms with van der Waals surface area (Å²) in [6.45, 7) is 2.79. The van der Waals surface area contributed by atoms with Gasteiger partial charge < -0.3 is 5.73 Å². The average molecular weight is 244 g/mol. The third-order valence-corrected chi connectivity index (χ3v) is 2.61. The molecule has 6 heteroatoms. The lowest BCUT2D eigenvalue weighted by atomic mass is 10.0. The maximum Gasteiger partial charge on any atom is 0.222 e. The second kappa shape index (κ2) is 11.3. The number of carbonyl (C=O) groups excluding carboxylic acids is 2. The van der Waals surface area contributed by atoms with Crippen molar-refractivity contribution in [1.29, 1.82) is 0 Å². The Morgan fingerprint density at radius 3 is 2.24 bits per heavy atom. The van der Waals surface area contributed by atoms with Crippen LogP contribution in [0.5, 0.6) is 0 Å². The number of unbranched alkanes of at least 4 members (excludes halogenated alkanes) is 2. The van der Waals surface area contributed by atoms with E-state index in [1.54, 1.807) is 0 Å². The van der Waals surface area contributed by atoms with Crippen molar-refractivity contribution in [1.82, 2.24) is 16.0 Å². The summed E-state index contributed by atoms with van der Waals surface area (Å²) in [5.41, 5.74) is 10.4. The minimum atomic E-state index is 0.133. The van der Waals surface area contributed by atoms with Gasteiger partial charge >= 0.3 is 0 Å². The van der Waals surface area contributed by atoms with Gasteiger partial charge in [-0.1, -0.05) is 26.2 Å². The van der Waals surface area contributed by atoms with Crippen LogP contribution in [0.4, 0.5) is 0 Å². The van der Waals surface area contributed by atoms with Gasteiger partial charge in [0.15, 0.2) is 0 Å². The summed E-state index contributed by atoms with van der Waals surface area (Å²) in [6.07, 6.45) is 7.12. The van der Waals surface area contributed by atoms with E-state index in [-0.39, 0.29) is 6.04 Å². The smallest absolute Gasteiger partial charge is 0.222 e. The lowest BCUT2D eigenvalue weighted by Gasteiger charge is -2.28. The second-order valence-corrected chi connectivity index (χ2v) is 3.94. The number of carbonyl (C=O) groups is 2. The number of hydrogen-bond donors (Lipinski definition) is 3. The van der Waals surface area contributed by atoms with Crippen molar-refractivity contribution in [2.75, 3.05) is 6.54 Å². The lowest BCUT2D eigenvalue weighted by molar-refractivity contribution is -0.123. The SMILES string of the molecule is CCCC(CCCCCN)N(NC=O)NC=O. The van der Waals surface area contributed by atoms with Crippen molar-refractivity contribution in [3.8, 4) is 0 Å². The first-order valence-corrected chi connectivity index (χ1v) is 6.19. The van der Waals surface area contributed by atoms with Gasteiger partial charge in [0.05, 0.1) is 6.04 Å². The molecule has 0 aliphatic heterocycles. The van der Waals surface area contributed by atoms with Crippen molar-refractivity contribution in [3.05, 3.63) is 0 Å². The number of hydrogen-bond acceptors (Lipinski definition) is 4. The predicted octanol–water partition coefficient (Wildman–Crippen LogP) is 0.298. The summed E-state index contributed by atoms with van der Waals surface area (Å²) in [6, 6.07) is 0.133. The molecular formula is C11H24N4O2. The van der Waals surface area contributed by atoms with Crippen LogP contribution in [0.3, 0.4) is 0 Å². The van der Waals surface area contributed by atoms with Crippen LogP contribution in [0.25, 0.3) is 0 Å². The quantitative estimate of drug-likeness (QED) is 0.262. The first-order valence-electron chi connectivity index (χ1n) is 6.19. The summed E-state index contributed by atoms with van der Waals surface area (Å²) >= 11 is 0. The van der Waals surface area contributed by atoms with Crippen LogP contribution < -0.4 is 16.6 Å². The van der Waals surface area contributed by atoms with Gasteiger partial charge in [-0.15, -0.1) is 5.12 Å². The van der Waals surface area contributed by atoms with E-state index in [0.29, 0.717) is 19.4 Å². The van der Waals surface area contributed by atoms with Crippen LogP contribution >= 0.6 is 0 Å². The minimum absolute atomic E-state index is 0.133. The topological polar surface area (TPSA) is 87.5 Å². The average Bonchev–Trinajstić information content (AvgIpc) is 2.33. The third-order valence-electron chi connectivity index (χ3n) is 2.61. The molecule has 0 aromatic heterocycles. The van der Waals surface area contributed by atoms with Gasteiger partial charge in [-0.3, -0.25) is 20.4 Å². The number of amides is 2. The largest absolute Gasteiger partial charge is 0.330 e. The molecule has 0 aliphatic carbocycles. The van der Waals surface area contributed by atoms with E-state index in [0.717, 1.165) is 38.5 Å².